The van der Waals surface area contributed by atoms with Crippen LogP contribution >= 0.6 is 11.3 Å². The monoisotopic (exact) mass is 202 g/mol. The number of H-pyrrole nitrogens is 1. The summed E-state index contributed by atoms with van der Waals surface area (Å²) in [6, 6.07) is 1.89. The molecule has 0 aromatic carbocycles. The fraction of sp³-hybridized carbons (Fsp3) is 0. The maximum Gasteiger partial charge on any atom is 0.150 e. The molecule has 0 bridgehead atoms. The van der Waals surface area contributed by atoms with Gasteiger partial charge in [0.2, 0.25) is 0 Å². The van der Waals surface area contributed by atoms with E-state index in [0.717, 1.165) is 21.7 Å². The van der Waals surface area contributed by atoms with Crippen LogP contribution < -0.4 is 0 Å². The third-order valence-electron chi connectivity index (χ3n) is 1.95. The SMILES string of the molecule is c1cc2nc(-c3cncs3)[nH]c2cn1. The zero-order chi connectivity index (χ0) is 9.38. The lowest BCUT2D eigenvalue weighted by Gasteiger charge is -1.84. The van der Waals surface area contributed by atoms with E-state index in [-0.39, 0.29) is 0 Å². The molecule has 0 aliphatic rings. The van der Waals surface area contributed by atoms with Crippen molar-refractivity contribution in [2.75, 3.05) is 0 Å². The van der Waals surface area contributed by atoms with E-state index in [1.54, 1.807) is 35.4 Å². The Morgan fingerprint density at radius 3 is 3.00 bits per heavy atom. The molecule has 0 atom stereocenters. The van der Waals surface area contributed by atoms with Crippen LogP contribution in [0, 0.1) is 0 Å². The van der Waals surface area contributed by atoms with E-state index < -0.39 is 0 Å². The highest BCUT2D eigenvalue weighted by Crippen LogP contribution is 2.22. The molecule has 0 unspecified atom stereocenters. The minimum atomic E-state index is 0.857. The number of aromatic amines is 1. The van der Waals surface area contributed by atoms with Crippen molar-refractivity contribution in [1.29, 1.82) is 0 Å². The second-order valence-electron chi connectivity index (χ2n) is 2.84. The van der Waals surface area contributed by atoms with Crippen molar-refractivity contribution in [3.63, 3.8) is 0 Å². The maximum absolute atomic E-state index is 4.43. The van der Waals surface area contributed by atoms with Crippen LogP contribution in [0.3, 0.4) is 0 Å². The number of nitrogens with one attached hydrogen (secondary N) is 1. The first kappa shape index (κ1) is 7.64. The molecule has 0 radical (unpaired) electrons. The molecule has 3 heterocycles. The fourth-order valence-corrected chi connectivity index (χ4v) is 1.87. The molecule has 3 aromatic rings. The van der Waals surface area contributed by atoms with Crippen molar-refractivity contribution in [1.82, 2.24) is 19.9 Å². The summed E-state index contributed by atoms with van der Waals surface area (Å²) in [5.74, 6) is 0.857. The molecule has 0 aliphatic carbocycles. The number of hydrogen-bond donors (Lipinski definition) is 1. The number of hydrogen-bond acceptors (Lipinski definition) is 4. The van der Waals surface area contributed by atoms with Gasteiger partial charge in [-0.25, -0.2) is 4.98 Å². The molecule has 3 rings (SSSR count). The molecular weight excluding hydrogens is 196 g/mol. The van der Waals surface area contributed by atoms with E-state index in [9.17, 15) is 0 Å². The van der Waals surface area contributed by atoms with E-state index in [1.165, 1.54) is 0 Å². The van der Waals surface area contributed by atoms with Gasteiger partial charge in [-0.3, -0.25) is 9.97 Å². The number of rotatable bonds is 1. The lowest BCUT2D eigenvalue weighted by atomic mass is 10.4. The van der Waals surface area contributed by atoms with Crippen molar-refractivity contribution in [3.05, 3.63) is 30.2 Å². The number of imidazole rings is 1. The van der Waals surface area contributed by atoms with Gasteiger partial charge < -0.3 is 4.98 Å². The normalized spacial score (nSPS) is 10.9. The second-order valence-corrected chi connectivity index (χ2v) is 3.73. The minimum absolute atomic E-state index is 0.857. The summed E-state index contributed by atoms with van der Waals surface area (Å²) < 4.78 is 0. The van der Waals surface area contributed by atoms with Crippen LogP contribution in [-0.4, -0.2) is 19.9 Å². The van der Waals surface area contributed by atoms with Crippen molar-refractivity contribution in [3.8, 4) is 10.7 Å². The average Bonchev–Trinajstić information content (AvgIpc) is 2.86. The van der Waals surface area contributed by atoms with Gasteiger partial charge in [-0.15, -0.1) is 11.3 Å². The van der Waals surface area contributed by atoms with Gasteiger partial charge in [-0.1, -0.05) is 0 Å². The Morgan fingerprint density at radius 1 is 1.21 bits per heavy atom. The predicted octanol–water partition coefficient (Wildman–Crippen LogP) is 2.08. The summed E-state index contributed by atoms with van der Waals surface area (Å²) in [5, 5.41) is 0. The Kier molecular flexibility index (Phi) is 1.57. The Balaban J connectivity index is 2.24. The van der Waals surface area contributed by atoms with Crippen molar-refractivity contribution >= 4 is 22.4 Å². The minimum Gasteiger partial charge on any atom is -0.336 e. The molecule has 0 amide bonds. The van der Waals surface area contributed by atoms with Gasteiger partial charge in [0.25, 0.3) is 0 Å². The highest BCUT2D eigenvalue weighted by Gasteiger charge is 2.05. The molecule has 0 spiro atoms. The highest BCUT2D eigenvalue weighted by atomic mass is 32.1. The second kappa shape index (κ2) is 2.88. The third-order valence-corrected chi connectivity index (χ3v) is 2.73. The number of aromatic nitrogens is 4. The van der Waals surface area contributed by atoms with Gasteiger partial charge in [0.15, 0.2) is 0 Å². The van der Waals surface area contributed by atoms with Gasteiger partial charge in [0.05, 0.1) is 27.6 Å². The molecule has 14 heavy (non-hydrogen) atoms. The Bertz CT molecular complexity index is 522. The number of nitrogens with zero attached hydrogens (tertiary/aromatic N) is 3. The molecule has 5 heteroatoms. The van der Waals surface area contributed by atoms with Crippen molar-refractivity contribution < 1.29 is 0 Å². The Morgan fingerprint density at radius 2 is 2.21 bits per heavy atom. The van der Waals surface area contributed by atoms with E-state index in [1.807, 2.05) is 6.07 Å². The molecule has 1 N–H and O–H groups in total. The topological polar surface area (TPSA) is 54.5 Å². The molecule has 68 valence electrons. The summed E-state index contributed by atoms with van der Waals surface area (Å²) in [6.07, 6.45) is 5.31. The van der Waals surface area contributed by atoms with Crippen LogP contribution in [0.4, 0.5) is 0 Å². The molecule has 4 nitrogen and oxygen atoms in total. The van der Waals surface area contributed by atoms with Crippen molar-refractivity contribution in [2.45, 2.75) is 0 Å². The molecule has 0 fully saturated rings. The lowest BCUT2D eigenvalue weighted by molar-refractivity contribution is 1.33. The average molecular weight is 202 g/mol. The zero-order valence-electron chi connectivity index (χ0n) is 7.14. The van der Waals surface area contributed by atoms with Gasteiger partial charge in [-0.2, -0.15) is 0 Å². The lowest BCUT2D eigenvalue weighted by Crippen LogP contribution is -1.72. The van der Waals surface area contributed by atoms with Crippen LogP contribution in [0.25, 0.3) is 21.7 Å². The largest absolute Gasteiger partial charge is 0.336 e. The van der Waals surface area contributed by atoms with Gasteiger partial charge >= 0.3 is 0 Å². The number of pyridine rings is 1. The first-order valence-corrected chi connectivity index (χ1v) is 5.00. The Hall–Kier alpha value is -1.75. The van der Waals surface area contributed by atoms with Crippen LogP contribution in [0.1, 0.15) is 0 Å². The Labute approximate surface area is 83.7 Å². The summed E-state index contributed by atoms with van der Waals surface area (Å²) in [4.78, 5) is 16.7. The fourth-order valence-electron chi connectivity index (χ4n) is 1.31. The molecule has 0 aliphatic heterocycles. The summed E-state index contributed by atoms with van der Waals surface area (Å²) in [5.41, 5.74) is 3.68. The molecule has 0 saturated heterocycles. The van der Waals surface area contributed by atoms with Crippen LogP contribution in [-0.2, 0) is 0 Å². The van der Waals surface area contributed by atoms with Gasteiger partial charge in [0.1, 0.15) is 5.82 Å². The van der Waals surface area contributed by atoms with Crippen LogP contribution in [0.5, 0.6) is 0 Å². The molecule has 0 saturated carbocycles. The first-order chi connectivity index (χ1) is 6.93. The predicted molar refractivity (Wildman–Crippen MR) is 55.0 cm³/mol. The van der Waals surface area contributed by atoms with Crippen LogP contribution in [0.2, 0.25) is 0 Å². The van der Waals surface area contributed by atoms with E-state index in [4.69, 9.17) is 0 Å². The smallest absolute Gasteiger partial charge is 0.150 e. The number of thiazole rings is 1. The summed E-state index contributed by atoms with van der Waals surface area (Å²) in [7, 11) is 0. The molecular formula is C9H6N4S. The van der Waals surface area contributed by atoms with Gasteiger partial charge in [-0.05, 0) is 6.07 Å². The molecule has 3 aromatic heterocycles. The third kappa shape index (κ3) is 1.10. The van der Waals surface area contributed by atoms with Gasteiger partial charge in [0, 0.05) is 12.4 Å². The van der Waals surface area contributed by atoms with Crippen molar-refractivity contribution in [2.24, 2.45) is 0 Å². The number of fused-ring (bicyclic) bond motifs is 1. The standard InChI is InChI=1S/C9H6N4S/c1-2-10-3-7-6(1)12-9(13-7)8-4-11-5-14-8/h1-5H,(H,12,13). The summed E-state index contributed by atoms with van der Waals surface area (Å²) >= 11 is 1.57. The summed E-state index contributed by atoms with van der Waals surface area (Å²) in [6.45, 7) is 0. The van der Waals surface area contributed by atoms with E-state index >= 15 is 0 Å². The maximum atomic E-state index is 4.43. The quantitative estimate of drug-likeness (QED) is 0.657. The van der Waals surface area contributed by atoms with E-state index in [0.29, 0.717) is 0 Å². The van der Waals surface area contributed by atoms with Crippen LogP contribution in [0.15, 0.2) is 30.2 Å². The first-order valence-electron chi connectivity index (χ1n) is 4.12. The zero-order valence-corrected chi connectivity index (χ0v) is 7.95. The highest BCUT2D eigenvalue weighted by molar-refractivity contribution is 7.13. The van der Waals surface area contributed by atoms with E-state index in [2.05, 4.69) is 19.9 Å².